The van der Waals surface area contributed by atoms with Gasteiger partial charge in [-0.25, -0.2) is 4.98 Å². The molecule has 0 aliphatic carbocycles. The van der Waals surface area contributed by atoms with E-state index in [4.69, 9.17) is 16.0 Å². The van der Waals surface area contributed by atoms with Crippen LogP contribution in [0.25, 0.3) is 0 Å². The van der Waals surface area contributed by atoms with Gasteiger partial charge >= 0.3 is 0 Å². The van der Waals surface area contributed by atoms with Crippen molar-refractivity contribution in [2.45, 2.75) is 84.0 Å². The average molecular weight is 365 g/mol. The number of unbranched alkanes of at least 4 members (excludes halogenated alkanes) is 5. The van der Waals surface area contributed by atoms with E-state index in [-0.39, 0.29) is 5.41 Å². The lowest BCUT2D eigenvalue weighted by Gasteiger charge is -2.26. The zero-order chi connectivity index (χ0) is 15.0. The predicted molar refractivity (Wildman–Crippen MR) is 89.5 cm³/mol. The van der Waals surface area contributed by atoms with Crippen molar-refractivity contribution < 1.29 is 4.42 Å². The fourth-order valence-corrected chi connectivity index (χ4v) is 2.92. The minimum absolute atomic E-state index is 0.0118. The first kappa shape index (κ1) is 18.0. The monoisotopic (exact) mass is 363 g/mol. The molecule has 1 heterocycles. The topological polar surface area (TPSA) is 26.0 Å². The maximum Gasteiger partial charge on any atom is 0.228 e. The first-order chi connectivity index (χ1) is 9.53. The molecule has 1 unspecified atom stereocenters. The Morgan fingerprint density at radius 1 is 1.05 bits per heavy atom. The van der Waals surface area contributed by atoms with Crippen LogP contribution >= 0.6 is 27.5 Å². The van der Waals surface area contributed by atoms with Crippen LogP contribution in [0.1, 0.15) is 84.4 Å². The van der Waals surface area contributed by atoms with Gasteiger partial charge in [-0.1, -0.05) is 65.7 Å². The molecule has 1 rings (SSSR count). The van der Waals surface area contributed by atoms with Gasteiger partial charge in [0.05, 0.1) is 0 Å². The van der Waals surface area contributed by atoms with Crippen molar-refractivity contribution in [3.05, 3.63) is 15.7 Å². The van der Waals surface area contributed by atoms with E-state index >= 15 is 0 Å². The number of rotatable bonds is 10. The highest BCUT2D eigenvalue weighted by Crippen LogP contribution is 2.37. The standard InChI is InChI=1S/C16H27BrClNO/c1-4-6-8-9-10-12-16(3,11-7-5-2)15-19-13(17)14(18)20-15/h4-12H2,1-3H3. The van der Waals surface area contributed by atoms with Crippen LogP contribution in [-0.4, -0.2) is 4.98 Å². The Morgan fingerprint density at radius 2 is 1.65 bits per heavy atom. The van der Waals surface area contributed by atoms with E-state index in [9.17, 15) is 0 Å². The number of hydrogen-bond acceptors (Lipinski definition) is 2. The lowest BCUT2D eigenvalue weighted by atomic mass is 9.80. The summed E-state index contributed by atoms with van der Waals surface area (Å²) in [6, 6.07) is 0. The number of nitrogens with zero attached hydrogens (tertiary/aromatic N) is 1. The quantitative estimate of drug-likeness (QED) is 0.422. The van der Waals surface area contributed by atoms with E-state index in [0.717, 1.165) is 18.7 Å². The summed E-state index contributed by atoms with van der Waals surface area (Å²) in [6.45, 7) is 6.73. The molecule has 0 saturated heterocycles. The van der Waals surface area contributed by atoms with E-state index in [2.05, 4.69) is 41.7 Å². The SMILES string of the molecule is CCCCCCCC(C)(CCCC)c1nc(Br)c(Cl)o1. The van der Waals surface area contributed by atoms with Crippen LogP contribution in [0, 0.1) is 0 Å². The summed E-state index contributed by atoms with van der Waals surface area (Å²) in [6.07, 6.45) is 11.1. The van der Waals surface area contributed by atoms with Crippen molar-refractivity contribution in [2.24, 2.45) is 0 Å². The Hall–Kier alpha value is -0.0200. The summed E-state index contributed by atoms with van der Waals surface area (Å²) in [5.41, 5.74) is 0.0118. The van der Waals surface area contributed by atoms with Gasteiger partial charge < -0.3 is 4.42 Å². The zero-order valence-corrected chi connectivity index (χ0v) is 15.3. The van der Waals surface area contributed by atoms with Crippen molar-refractivity contribution in [3.8, 4) is 0 Å². The van der Waals surface area contributed by atoms with E-state index in [1.807, 2.05) is 0 Å². The van der Waals surface area contributed by atoms with E-state index in [1.165, 1.54) is 44.9 Å². The predicted octanol–water partition coefficient (Wildman–Crippen LogP) is 6.90. The second-order valence-electron chi connectivity index (χ2n) is 5.91. The fourth-order valence-electron chi connectivity index (χ4n) is 2.57. The van der Waals surface area contributed by atoms with E-state index < -0.39 is 0 Å². The fraction of sp³-hybridized carbons (Fsp3) is 0.812. The minimum Gasteiger partial charge on any atom is -0.427 e. The summed E-state index contributed by atoms with van der Waals surface area (Å²) >= 11 is 9.34. The molecule has 0 N–H and O–H groups in total. The molecule has 2 nitrogen and oxygen atoms in total. The number of hydrogen-bond donors (Lipinski definition) is 0. The molecule has 20 heavy (non-hydrogen) atoms. The average Bonchev–Trinajstić information content (AvgIpc) is 2.77. The normalized spacial score (nSPS) is 14.4. The van der Waals surface area contributed by atoms with Crippen molar-refractivity contribution in [2.75, 3.05) is 0 Å². The maximum absolute atomic E-state index is 6.00. The molecule has 0 spiro atoms. The summed E-state index contributed by atoms with van der Waals surface area (Å²) in [5, 5.41) is 0.369. The van der Waals surface area contributed by atoms with Gasteiger partial charge in [0.1, 0.15) is 0 Å². The highest BCUT2D eigenvalue weighted by atomic mass is 79.9. The van der Waals surface area contributed by atoms with Crippen LogP contribution in [0.2, 0.25) is 5.22 Å². The van der Waals surface area contributed by atoms with Gasteiger partial charge in [0.25, 0.3) is 0 Å². The molecule has 0 aliphatic heterocycles. The molecule has 116 valence electrons. The van der Waals surface area contributed by atoms with E-state index in [1.54, 1.807) is 0 Å². The van der Waals surface area contributed by atoms with Crippen LogP contribution < -0.4 is 0 Å². The molecule has 0 fully saturated rings. The number of oxazole rings is 1. The van der Waals surface area contributed by atoms with Crippen molar-refractivity contribution in [1.82, 2.24) is 4.98 Å². The molecule has 0 bridgehead atoms. The molecule has 0 saturated carbocycles. The molecule has 1 aromatic heterocycles. The Balaban J connectivity index is 2.65. The van der Waals surface area contributed by atoms with Crippen molar-refractivity contribution in [1.29, 1.82) is 0 Å². The van der Waals surface area contributed by atoms with Crippen LogP contribution in [0.4, 0.5) is 0 Å². The molecule has 1 atom stereocenters. The molecule has 0 amide bonds. The van der Waals surface area contributed by atoms with Crippen LogP contribution in [0.5, 0.6) is 0 Å². The molecular weight excluding hydrogens is 338 g/mol. The van der Waals surface area contributed by atoms with Gasteiger partial charge in [-0.3, -0.25) is 0 Å². The molecule has 1 aromatic rings. The number of aromatic nitrogens is 1. The molecule has 0 aromatic carbocycles. The maximum atomic E-state index is 6.00. The lowest BCUT2D eigenvalue weighted by Crippen LogP contribution is -2.22. The summed E-state index contributed by atoms with van der Waals surface area (Å²) in [4.78, 5) is 4.47. The lowest BCUT2D eigenvalue weighted by molar-refractivity contribution is 0.289. The Kier molecular flexibility index (Phi) is 8.20. The molecule has 0 aliphatic rings. The summed E-state index contributed by atoms with van der Waals surface area (Å²) < 4.78 is 6.29. The second-order valence-corrected chi connectivity index (χ2v) is 7.01. The van der Waals surface area contributed by atoms with Gasteiger partial charge in [0.2, 0.25) is 11.1 Å². The van der Waals surface area contributed by atoms with Crippen LogP contribution in [0.15, 0.2) is 9.02 Å². The molecular formula is C16H27BrClNO. The minimum atomic E-state index is 0.0118. The Labute approximate surface area is 136 Å². The van der Waals surface area contributed by atoms with Crippen LogP contribution in [0.3, 0.4) is 0 Å². The Morgan fingerprint density at radius 3 is 2.20 bits per heavy atom. The largest absolute Gasteiger partial charge is 0.427 e. The third-order valence-electron chi connectivity index (χ3n) is 3.98. The third-order valence-corrected chi connectivity index (χ3v) is 5.00. The highest BCUT2D eigenvalue weighted by molar-refractivity contribution is 9.10. The molecule has 0 radical (unpaired) electrons. The van der Waals surface area contributed by atoms with Crippen molar-refractivity contribution in [3.63, 3.8) is 0 Å². The van der Waals surface area contributed by atoms with Gasteiger partial charge in [-0.2, -0.15) is 0 Å². The van der Waals surface area contributed by atoms with Crippen LogP contribution in [-0.2, 0) is 5.41 Å². The van der Waals surface area contributed by atoms with Crippen molar-refractivity contribution >= 4 is 27.5 Å². The van der Waals surface area contributed by atoms with Gasteiger partial charge in [0.15, 0.2) is 4.60 Å². The van der Waals surface area contributed by atoms with E-state index in [0.29, 0.717) is 9.82 Å². The van der Waals surface area contributed by atoms with Gasteiger partial charge in [-0.05, 0) is 40.4 Å². The highest BCUT2D eigenvalue weighted by Gasteiger charge is 2.31. The molecule has 4 heteroatoms. The third kappa shape index (κ3) is 5.40. The first-order valence-corrected chi connectivity index (χ1v) is 9.03. The van der Waals surface area contributed by atoms with Gasteiger partial charge in [-0.15, -0.1) is 0 Å². The summed E-state index contributed by atoms with van der Waals surface area (Å²) in [5.74, 6) is 0.790. The van der Waals surface area contributed by atoms with Gasteiger partial charge in [0, 0.05) is 5.41 Å². The Bertz CT molecular complexity index is 374. The first-order valence-electron chi connectivity index (χ1n) is 7.85. The number of halogens is 2. The second kappa shape index (κ2) is 9.09. The zero-order valence-electron chi connectivity index (χ0n) is 13.0. The summed E-state index contributed by atoms with van der Waals surface area (Å²) in [7, 11) is 0. The smallest absolute Gasteiger partial charge is 0.228 e.